The minimum absolute atomic E-state index is 0.00524. The second-order valence-electron chi connectivity index (χ2n) is 5.23. The Morgan fingerprint density at radius 2 is 1.96 bits per heavy atom. The summed E-state index contributed by atoms with van der Waals surface area (Å²) < 4.78 is 44.8. The lowest BCUT2D eigenvalue weighted by Crippen LogP contribution is -2.15. The summed E-state index contributed by atoms with van der Waals surface area (Å²) in [5, 5.41) is 6.84. The van der Waals surface area contributed by atoms with Gasteiger partial charge in [-0.2, -0.15) is 8.78 Å². The fourth-order valence-electron chi connectivity index (χ4n) is 2.15. The molecule has 11 heteroatoms. The first-order valence-electron chi connectivity index (χ1n) is 7.75. The van der Waals surface area contributed by atoms with Gasteiger partial charge in [-0.3, -0.25) is 4.79 Å². The van der Waals surface area contributed by atoms with E-state index in [2.05, 4.69) is 15.2 Å². The largest absolute Gasteiger partial charge is 0.433 e. The monoisotopic (exact) mass is 443 g/mol. The molecule has 3 rings (SSSR count). The van der Waals surface area contributed by atoms with Crippen molar-refractivity contribution >= 4 is 46.9 Å². The Hall–Kier alpha value is -2.37. The van der Waals surface area contributed by atoms with Crippen molar-refractivity contribution in [3.8, 4) is 11.4 Å². The number of carbonyl (C=O) groups excluding carboxylic acids is 1. The van der Waals surface area contributed by atoms with E-state index in [4.69, 9.17) is 12.2 Å². The number of nitrogens with one attached hydrogen (secondary N) is 1. The number of anilines is 1. The normalized spacial score (nSPS) is 10.9. The number of para-hydroxylation sites is 2. The highest BCUT2D eigenvalue weighted by atomic mass is 32.2. The smallest absolute Gasteiger partial charge is 0.387 e. The predicted octanol–water partition coefficient (Wildman–Crippen LogP) is 5.13. The molecule has 0 fully saturated rings. The van der Waals surface area contributed by atoms with Crippen LogP contribution in [-0.4, -0.2) is 28.1 Å². The number of ether oxygens (including phenoxy) is 1. The van der Waals surface area contributed by atoms with Gasteiger partial charge in [0.25, 0.3) is 0 Å². The first-order valence-corrected chi connectivity index (χ1v) is 9.96. The maximum atomic E-state index is 13.0. The highest BCUT2D eigenvalue weighted by Crippen LogP contribution is 2.27. The van der Waals surface area contributed by atoms with E-state index in [1.54, 1.807) is 18.2 Å². The van der Waals surface area contributed by atoms with Crippen molar-refractivity contribution in [2.45, 2.75) is 11.0 Å². The number of nitrogens with zero attached hydrogens (tertiary/aromatic N) is 2. The second-order valence-corrected chi connectivity index (χ2v) is 8.08. The molecule has 0 unspecified atom stereocenters. The molecule has 0 saturated carbocycles. The lowest BCUT2D eigenvalue weighted by atomic mass is 10.3. The number of hydrogen-bond acceptors (Lipinski definition) is 6. The summed E-state index contributed by atoms with van der Waals surface area (Å²) in [7, 11) is 0. The van der Waals surface area contributed by atoms with Gasteiger partial charge >= 0.3 is 6.61 Å². The van der Waals surface area contributed by atoms with Crippen LogP contribution >= 0.6 is 35.3 Å². The summed E-state index contributed by atoms with van der Waals surface area (Å²) in [5.74, 6) is -0.904. The third-order valence-electron chi connectivity index (χ3n) is 3.30. The molecule has 1 amide bonds. The molecule has 5 nitrogen and oxygen atoms in total. The number of alkyl halides is 2. The van der Waals surface area contributed by atoms with Crippen LogP contribution in [-0.2, 0) is 4.79 Å². The van der Waals surface area contributed by atoms with E-state index in [0.717, 1.165) is 11.8 Å². The summed E-state index contributed by atoms with van der Waals surface area (Å²) in [6.07, 6.45) is 0. The molecule has 1 N–H and O–H groups in total. The van der Waals surface area contributed by atoms with Gasteiger partial charge in [0, 0.05) is 0 Å². The Balaban J connectivity index is 1.64. The van der Waals surface area contributed by atoms with E-state index in [-0.39, 0.29) is 23.0 Å². The highest BCUT2D eigenvalue weighted by molar-refractivity contribution is 8.01. The maximum Gasteiger partial charge on any atom is 0.387 e. The van der Waals surface area contributed by atoms with Crippen molar-refractivity contribution in [2.24, 2.45) is 0 Å². The van der Waals surface area contributed by atoms with Crippen molar-refractivity contribution < 1.29 is 22.7 Å². The number of carbonyl (C=O) groups is 1. The van der Waals surface area contributed by atoms with Crippen LogP contribution < -0.4 is 10.1 Å². The standard InChI is InChI=1S/C17H12F3N3O2S3/c18-10-5-7-11(8-6-10)23-17(26)28-16(22-23)27-9-14(24)21-12-3-1-2-4-13(12)25-15(19)20/h1-8,15H,9H2,(H,21,24). The summed E-state index contributed by atoms with van der Waals surface area (Å²) >= 11 is 7.60. The van der Waals surface area contributed by atoms with Crippen LogP contribution in [0.1, 0.15) is 0 Å². The molecule has 0 atom stereocenters. The topological polar surface area (TPSA) is 56.2 Å². The molecule has 0 spiro atoms. The molecule has 0 aliphatic carbocycles. The molecule has 1 heterocycles. The third-order valence-corrected chi connectivity index (χ3v) is 5.67. The summed E-state index contributed by atoms with van der Waals surface area (Å²) in [6.45, 7) is -2.99. The maximum absolute atomic E-state index is 13.0. The molecule has 0 aliphatic rings. The SMILES string of the molecule is O=C(CSc1nn(-c2ccc(F)cc2)c(=S)s1)Nc1ccccc1OC(F)F. The minimum atomic E-state index is -2.99. The van der Waals surface area contributed by atoms with Crippen LogP contribution in [0.15, 0.2) is 52.9 Å². The van der Waals surface area contributed by atoms with Gasteiger partial charge in [0.15, 0.2) is 8.29 Å². The van der Waals surface area contributed by atoms with E-state index >= 15 is 0 Å². The van der Waals surface area contributed by atoms with Crippen LogP contribution in [0.4, 0.5) is 18.9 Å². The van der Waals surface area contributed by atoms with E-state index in [1.165, 1.54) is 46.4 Å². The van der Waals surface area contributed by atoms with Crippen LogP contribution in [0.3, 0.4) is 0 Å². The summed E-state index contributed by atoms with van der Waals surface area (Å²) in [6, 6.07) is 11.6. The van der Waals surface area contributed by atoms with E-state index in [1.807, 2.05) is 0 Å². The molecule has 1 aromatic heterocycles. The number of thioether (sulfide) groups is 1. The van der Waals surface area contributed by atoms with E-state index in [9.17, 15) is 18.0 Å². The van der Waals surface area contributed by atoms with Gasteiger partial charge in [-0.25, -0.2) is 9.07 Å². The number of rotatable bonds is 7. The molecule has 0 saturated heterocycles. The molecule has 2 aromatic carbocycles. The molecule has 0 bridgehead atoms. The van der Waals surface area contributed by atoms with Gasteiger partial charge in [-0.15, -0.1) is 5.10 Å². The van der Waals surface area contributed by atoms with Crippen molar-refractivity contribution in [1.82, 2.24) is 9.78 Å². The Bertz CT molecular complexity index is 1020. The Morgan fingerprint density at radius 3 is 2.68 bits per heavy atom. The van der Waals surface area contributed by atoms with Crippen LogP contribution in [0, 0.1) is 9.77 Å². The first-order chi connectivity index (χ1) is 13.4. The van der Waals surface area contributed by atoms with Crippen LogP contribution in [0.2, 0.25) is 0 Å². The molecular weight excluding hydrogens is 431 g/mol. The van der Waals surface area contributed by atoms with Crippen molar-refractivity contribution in [3.05, 3.63) is 58.3 Å². The van der Waals surface area contributed by atoms with Gasteiger partial charge < -0.3 is 10.1 Å². The van der Waals surface area contributed by atoms with Gasteiger partial charge in [-0.05, 0) is 48.6 Å². The fraction of sp³-hybridized carbons (Fsp3) is 0.118. The third kappa shape index (κ3) is 5.33. The number of halogens is 3. The van der Waals surface area contributed by atoms with Gasteiger partial charge in [0.2, 0.25) is 5.91 Å². The Labute approximate surface area is 171 Å². The number of aromatic nitrogens is 2. The summed E-state index contributed by atoms with van der Waals surface area (Å²) in [4.78, 5) is 12.2. The lowest BCUT2D eigenvalue weighted by Gasteiger charge is -2.11. The zero-order valence-corrected chi connectivity index (χ0v) is 16.4. The second kappa shape index (κ2) is 9.22. The average Bonchev–Trinajstić information content (AvgIpc) is 3.03. The molecular formula is C17H12F3N3O2S3. The van der Waals surface area contributed by atoms with Crippen LogP contribution in [0.5, 0.6) is 5.75 Å². The van der Waals surface area contributed by atoms with Gasteiger partial charge in [0.1, 0.15) is 11.6 Å². The van der Waals surface area contributed by atoms with E-state index in [0.29, 0.717) is 14.0 Å². The number of benzene rings is 2. The Morgan fingerprint density at radius 1 is 1.25 bits per heavy atom. The van der Waals surface area contributed by atoms with Crippen molar-refractivity contribution in [1.29, 1.82) is 0 Å². The van der Waals surface area contributed by atoms with Crippen LogP contribution in [0.25, 0.3) is 5.69 Å². The predicted molar refractivity (Wildman–Crippen MR) is 105 cm³/mol. The fourth-order valence-corrected chi connectivity index (χ4v) is 4.31. The minimum Gasteiger partial charge on any atom is -0.433 e. The molecule has 28 heavy (non-hydrogen) atoms. The number of amides is 1. The van der Waals surface area contributed by atoms with E-state index < -0.39 is 12.5 Å². The molecule has 3 aromatic rings. The van der Waals surface area contributed by atoms with Gasteiger partial charge in [0.05, 0.1) is 17.1 Å². The first kappa shape index (κ1) is 20.4. The summed E-state index contributed by atoms with van der Waals surface area (Å²) in [5.41, 5.74) is 0.759. The Kier molecular flexibility index (Phi) is 6.70. The van der Waals surface area contributed by atoms with Gasteiger partial charge in [-0.1, -0.05) is 35.2 Å². The molecule has 0 aliphatic heterocycles. The van der Waals surface area contributed by atoms with Crippen molar-refractivity contribution in [3.63, 3.8) is 0 Å². The lowest BCUT2D eigenvalue weighted by molar-refractivity contribution is -0.113. The number of hydrogen-bond donors (Lipinski definition) is 1. The zero-order valence-electron chi connectivity index (χ0n) is 14.0. The average molecular weight is 443 g/mol. The quantitative estimate of drug-likeness (QED) is 0.405. The molecule has 146 valence electrons. The molecule has 0 radical (unpaired) electrons. The highest BCUT2D eigenvalue weighted by Gasteiger charge is 2.13. The zero-order chi connectivity index (χ0) is 20.1. The van der Waals surface area contributed by atoms with Crippen molar-refractivity contribution in [2.75, 3.05) is 11.1 Å².